The predicted octanol–water partition coefficient (Wildman–Crippen LogP) is 2.59. The van der Waals surface area contributed by atoms with E-state index < -0.39 is 0 Å². The summed E-state index contributed by atoms with van der Waals surface area (Å²) in [7, 11) is 0. The Morgan fingerprint density at radius 1 is 1.09 bits per heavy atom. The van der Waals surface area contributed by atoms with Crippen LogP contribution in [0.2, 0.25) is 0 Å². The summed E-state index contributed by atoms with van der Waals surface area (Å²) in [5.74, 6) is 0. The Bertz CT molecular complexity index is 584. The van der Waals surface area contributed by atoms with E-state index in [2.05, 4.69) is 12.1 Å². The predicted molar refractivity (Wildman–Crippen MR) is 82.8 cm³/mol. The standard InChI is InChI=1S/C18H19NO3/c20-14-19(22-12-16-9-5-2-6-10-16)17(18-13-21-18)11-15-7-3-1-4-8-15/h1-10,14,17-18H,11-13H2/t17-,18?/m0/s1. The van der Waals surface area contributed by atoms with Crippen LogP contribution in [0.3, 0.4) is 0 Å². The zero-order valence-electron chi connectivity index (χ0n) is 12.3. The molecule has 0 aliphatic carbocycles. The first-order valence-corrected chi connectivity index (χ1v) is 7.43. The first kappa shape index (κ1) is 14.8. The largest absolute Gasteiger partial charge is 0.371 e. The van der Waals surface area contributed by atoms with Gasteiger partial charge in [0.1, 0.15) is 12.7 Å². The molecule has 1 amide bonds. The number of hydrogen-bond acceptors (Lipinski definition) is 3. The van der Waals surface area contributed by atoms with Crippen LogP contribution in [-0.2, 0) is 27.4 Å². The second-order valence-corrected chi connectivity index (χ2v) is 5.35. The summed E-state index contributed by atoms with van der Waals surface area (Å²) in [6.45, 7) is 1.05. The van der Waals surface area contributed by atoms with Crippen LogP contribution in [0.15, 0.2) is 60.7 Å². The van der Waals surface area contributed by atoms with Crippen LogP contribution in [0.4, 0.5) is 0 Å². The molecule has 1 unspecified atom stereocenters. The number of carbonyl (C=O) groups excluding carboxylic acids is 1. The number of ether oxygens (including phenoxy) is 1. The minimum absolute atomic E-state index is 0.0566. The van der Waals surface area contributed by atoms with Crippen molar-refractivity contribution in [3.63, 3.8) is 0 Å². The fourth-order valence-electron chi connectivity index (χ4n) is 2.45. The Morgan fingerprint density at radius 3 is 2.23 bits per heavy atom. The van der Waals surface area contributed by atoms with E-state index in [-0.39, 0.29) is 12.1 Å². The second-order valence-electron chi connectivity index (χ2n) is 5.35. The third-order valence-corrected chi connectivity index (χ3v) is 3.73. The first-order chi connectivity index (χ1) is 10.9. The molecule has 0 saturated carbocycles. The molecule has 2 aromatic rings. The van der Waals surface area contributed by atoms with Gasteiger partial charge in [-0.1, -0.05) is 60.7 Å². The van der Waals surface area contributed by atoms with Gasteiger partial charge in [0.25, 0.3) is 0 Å². The van der Waals surface area contributed by atoms with Crippen molar-refractivity contribution in [3.8, 4) is 0 Å². The number of benzene rings is 2. The molecule has 22 heavy (non-hydrogen) atoms. The molecule has 0 bridgehead atoms. The maximum atomic E-state index is 11.4. The molecule has 0 radical (unpaired) electrons. The van der Waals surface area contributed by atoms with Gasteiger partial charge in [0.05, 0.1) is 12.6 Å². The summed E-state index contributed by atoms with van der Waals surface area (Å²) in [5, 5.41) is 1.40. The highest BCUT2D eigenvalue weighted by molar-refractivity contribution is 5.46. The highest BCUT2D eigenvalue weighted by atomic mass is 16.7. The first-order valence-electron chi connectivity index (χ1n) is 7.43. The van der Waals surface area contributed by atoms with Crippen LogP contribution >= 0.6 is 0 Å². The Kier molecular flexibility index (Phi) is 4.83. The number of amides is 1. The van der Waals surface area contributed by atoms with Crippen LogP contribution in [-0.4, -0.2) is 30.2 Å². The van der Waals surface area contributed by atoms with Gasteiger partial charge < -0.3 is 4.74 Å². The van der Waals surface area contributed by atoms with E-state index in [4.69, 9.17) is 9.57 Å². The number of hydrogen-bond donors (Lipinski definition) is 0. The molecule has 0 N–H and O–H groups in total. The van der Waals surface area contributed by atoms with Crippen molar-refractivity contribution in [2.45, 2.75) is 25.2 Å². The van der Waals surface area contributed by atoms with E-state index in [0.717, 1.165) is 24.0 Å². The number of carbonyl (C=O) groups is 1. The van der Waals surface area contributed by atoms with Gasteiger partial charge >= 0.3 is 0 Å². The molecule has 1 saturated heterocycles. The number of nitrogens with zero attached hydrogens (tertiary/aromatic N) is 1. The average Bonchev–Trinajstić information content (AvgIpc) is 3.41. The minimum atomic E-state index is -0.0939. The molecule has 3 rings (SSSR count). The van der Waals surface area contributed by atoms with Gasteiger partial charge in [-0.05, 0) is 17.5 Å². The van der Waals surface area contributed by atoms with Crippen molar-refractivity contribution in [2.75, 3.05) is 6.61 Å². The van der Waals surface area contributed by atoms with Gasteiger partial charge in [0.2, 0.25) is 6.41 Å². The molecule has 1 fully saturated rings. The maximum absolute atomic E-state index is 11.4. The molecule has 0 aromatic heterocycles. The molecule has 1 aliphatic rings. The van der Waals surface area contributed by atoms with Gasteiger partial charge in [-0.15, -0.1) is 0 Å². The van der Waals surface area contributed by atoms with Crippen molar-refractivity contribution in [1.29, 1.82) is 0 Å². The van der Waals surface area contributed by atoms with Gasteiger partial charge in [-0.2, -0.15) is 0 Å². The Balaban J connectivity index is 1.64. The van der Waals surface area contributed by atoms with Crippen molar-refractivity contribution in [3.05, 3.63) is 71.8 Å². The summed E-state index contributed by atoms with van der Waals surface area (Å²) in [5.41, 5.74) is 2.20. The Morgan fingerprint density at radius 2 is 1.68 bits per heavy atom. The zero-order valence-corrected chi connectivity index (χ0v) is 12.3. The van der Waals surface area contributed by atoms with Crippen molar-refractivity contribution < 1.29 is 14.4 Å². The lowest BCUT2D eigenvalue weighted by Crippen LogP contribution is -2.40. The third kappa shape index (κ3) is 3.93. The normalized spacial score (nSPS) is 17.7. The highest BCUT2D eigenvalue weighted by Gasteiger charge is 2.37. The molecule has 1 heterocycles. The summed E-state index contributed by atoms with van der Waals surface area (Å²) in [6, 6.07) is 19.8. The maximum Gasteiger partial charge on any atom is 0.233 e. The van der Waals surface area contributed by atoms with E-state index in [1.165, 1.54) is 5.06 Å². The third-order valence-electron chi connectivity index (χ3n) is 3.73. The molecule has 0 spiro atoms. The topological polar surface area (TPSA) is 42.1 Å². The SMILES string of the molecule is O=CN(OCc1ccccc1)[C@@H](Cc1ccccc1)C1CO1. The molecule has 2 aromatic carbocycles. The van der Waals surface area contributed by atoms with Gasteiger partial charge in [-0.25, -0.2) is 5.06 Å². The van der Waals surface area contributed by atoms with E-state index in [1.807, 2.05) is 48.5 Å². The quantitative estimate of drug-likeness (QED) is 0.427. The second kappa shape index (κ2) is 7.20. The lowest BCUT2D eigenvalue weighted by Gasteiger charge is -2.26. The van der Waals surface area contributed by atoms with Gasteiger partial charge in [-0.3, -0.25) is 9.63 Å². The van der Waals surface area contributed by atoms with Gasteiger partial charge in [0.15, 0.2) is 0 Å². The molecular weight excluding hydrogens is 278 g/mol. The van der Waals surface area contributed by atoms with E-state index in [0.29, 0.717) is 13.2 Å². The molecular formula is C18H19NO3. The van der Waals surface area contributed by atoms with E-state index >= 15 is 0 Å². The minimum Gasteiger partial charge on any atom is -0.371 e. The lowest BCUT2D eigenvalue weighted by atomic mass is 10.0. The Labute approximate surface area is 130 Å². The zero-order chi connectivity index (χ0) is 15.2. The lowest BCUT2D eigenvalue weighted by molar-refractivity contribution is -0.194. The summed E-state index contributed by atoms with van der Waals surface area (Å²) < 4.78 is 5.40. The van der Waals surface area contributed by atoms with E-state index in [9.17, 15) is 4.79 Å². The van der Waals surface area contributed by atoms with Crippen molar-refractivity contribution in [2.24, 2.45) is 0 Å². The van der Waals surface area contributed by atoms with Crippen molar-refractivity contribution >= 4 is 6.41 Å². The average molecular weight is 297 g/mol. The summed E-state index contributed by atoms with van der Waals surface area (Å²) >= 11 is 0. The van der Waals surface area contributed by atoms with E-state index in [1.54, 1.807) is 0 Å². The number of hydroxylamine groups is 2. The van der Waals surface area contributed by atoms with Crippen LogP contribution in [0.25, 0.3) is 0 Å². The van der Waals surface area contributed by atoms with Crippen LogP contribution in [0.5, 0.6) is 0 Å². The number of epoxide rings is 1. The molecule has 4 heteroatoms. The molecule has 4 nitrogen and oxygen atoms in total. The fourth-order valence-corrected chi connectivity index (χ4v) is 2.45. The number of rotatable bonds is 8. The smallest absolute Gasteiger partial charge is 0.233 e. The Hall–Kier alpha value is -2.17. The van der Waals surface area contributed by atoms with Crippen LogP contribution < -0.4 is 0 Å². The molecule has 1 aliphatic heterocycles. The van der Waals surface area contributed by atoms with Crippen molar-refractivity contribution in [1.82, 2.24) is 5.06 Å². The highest BCUT2D eigenvalue weighted by Crippen LogP contribution is 2.23. The van der Waals surface area contributed by atoms with Crippen LogP contribution in [0.1, 0.15) is 11.1 Å². The summed E-state index contributed by atoms with van der Waals surface area (Å²) in [6.07, 6.45) is 1.53. The summed E-state index contributed by atoms with van der Waals surface area (Å²) in [4.78, 5) is 17.1. The fraction of sp³-hybridized carbons (Fsp3) is 0.278. The van der Waals surface area contributed by atoms with Gasteiger partial charge in [0, 0.05) is 0 Å². The molecule has 2 atom stereocenters. The van der Waals surface area contributed by atoms with Crippen LogP contribution in [0, 0.1) is 0 Å². The monoisotopic (exact) mass is 297 g/mol. The molecule has 114 valence electrons.